The quantitative estimate of drug-likeness (QED) is 0.759. The van der Waals surface area contributed by atoms with Crippen LogP contribution in [0.4, 0.5) is 0 Å². The van der Waals surface area contributed by atoms with Crippen molar-refractivity contribution >= 4 is 0 Å². The molecule has 1 rings (SSSR count). The highest BCUT2D eigenvalue weighted by Gasteiger charge is 2.25. The van der Waals surface area contributed by atoms with Crippen LogP contribution in [0.2, 0.25) is 0 Å². The van der Waals surface area contributed by atoms with Gasteiger partial charge in [0.15, 0.2) is 0 Å². The summed E-state index contributed by atoms with van der Waals surface area (Å²) >= 11 is 0. The number of nitrogens with two attached hydrogens (primary N) is 1. The van der Waals surface area contributed by atoms with Crippen LogP contribution in [0.15, 0.2) is 24.3 Å². The van der Waals surface area contributed by atoms with E-state index in [2.05, 4.69) is 49.1 Å². The van der Waals surface area contributed by atoms with Gasteiger partial charge in [-0.1, -0.05) is 36.8 Å². The van der Waals surface area contributed by atoms with Crippen molar-refractivity contribution in [1.29, 1.82) is 5.26 Å². The van der Waals surface area contributed by atoms with Crippen LogP contribution in [-0.4, -0.2) is 37.7 Å². The van der Waals surface area contributed by atoms with Crippen LogP contribution < -0.4 is 5.73 Å². The van der Waals surface area contributed by atoms with Crippen LogP contribution in [0.25, 0.3) is 0 Å². The summed E-state index contributed by atoms with van der Waals surface area (Å²) in [5, 5.41) is 8.89. The second-order valence-electron chi connectivity index (χ2n) is 5.37. The lowest BCUT2D eigenvalue weighted by atomic mass is 9.95. The summed E-state index contributed by atoms with van der Waals surface area (Å²) in [7, 11) is 1.70. The summed E-state index contributed by atoms with van der Waals surface area (Å²) in [4.78, 5) is 2.27. The highest BCUT2D eigenvalue weighted by molar-refractivity contribution is 5.26. The molecule has 0 aliphatic carbocycles. The van der Waals surface area contributed by atoms with E-state index in [0.29, 0.717) is 19.6 Å². The second kappa shape index (κ2) is 9.51. The lowest BCUT2D eigenvalue weighted by molar-refractivity contribution is 0.109. The van der Waals surface area contributed by atoms with Crippen molar-refractivity contribution in [3.8, 4) is 6.07 Å². The predicted molar refractivity (Wildman–Crippen MR) is 85.9 cm³/mol. The third kappa shape index (κ3) is 5.47. The average molecular weight is 289 g/mol. The van der Waals surface area contributed by atoms with E-state index in [-0.39, 0.29) is 12.1 Å². The smallest absolute Gasteiger partial charge is 0.0635 e. The van der Waals surface area contributed by atoms with Gasteiger partial charge < -0.3 is 10.5 Å². The largest absolute Gasteiger partial charge is 0.383 e. The monoisotopic (exact) mass is 289 g/mol. The number of ether oxygens (including phenoxy) is 1. The normalized spacial score (nSPS) is 13.9. The van der Waals surface area contributed by atoms with E-state index >= 15 is 0 Å². The number of aryl methyl sites for hydroxylation is 1. The van der Waals surface area contributed by atoms with E-state index in [9.17, 15) is 0 Å². The van der Waals surface area contributed by atoms with Crippen LogP contribution in [0.1, 0.15) is 36.9 Å². The number of nitriles is 1. The number of benzene rings is 1. The minimum atomic E-state index is 0.0438. The fraction of sp³-hybridized carbons (Fsp3) is 0.588. The van der Waals surface area contributed by atoms with Gasteiger partial charge in [-0.3, -0.25) is 4.90 Å². The number of rotatable bonds is 9. The Morgan fingerprint density at radius 1 is 1.38 bits per heavy atom. The second-order valence-corrected chi connectivity index (χ2v) is 5.37. The molecule has 0 saturated heterocycles. The highest BCUT2D eigenvalue weighted by Crippen LogP contribution is 2.26. The summed E-state index contributed by atoms with van der Waals surface area (Å²) in [6.45, 7) is 6.33. The van der Waals surface area contributed by atoms with Gasteiger partial charge in [-0.05, 0) is 18.9 Å². The zero-order valence-electron chi connectivity index (χ0n) is 13.4. The first kappa shape index (κ1) is 17.6. The Bertz CT molecular complexity index is 456. The van der Waals surface area contributed by atoms with Crippen molar-refractivity contribution in [1.82, 2.24) is 4.90 Å². The minimum Gasteiger partial charge on any atom is -0.383 e. The molecule has 4 nitrogen and oxygen atoms in total. The van der Waals surface area contributed by atoms with Crippen molar-refractivity contribution in [2.24, 2.45) is 5.73 Å². The van der Waals surface area contributed by atoms with Crippen LogP contribution in [-0.2, 0) is 4.74 Å². The molecule has 2 atom stereocenters. The van der Waals surface area contributed by atoms with Gasteiger partial charge in [0.25, 0.3) is 0 Å². The maximum Gasteiger partial charge on any atom is 0.0635 e. The van der Waals surface area contributed by atoms with Gasteiger partial charge in [0.1, 0.15) is 0 Å². The van der Waals surface area contributed by atoms with Gasteiger partial charge in [0.2, 0.25) is 0 Å². The van der Waals surface area contributed by atoms with Gasteiger partial charge in [-0.15, -0.1) is 0 Å². The van der Waals surface area contributed by atoms with E-state index in [4.69, 9.17) is 15.7 Å². The predicted octanol–water partition coefficient (Wildman–Crippen LogP) is 2.64. The van der Waals surface area contributed by atoms with Crippen molar-refractivity contribution < 1.29 is 4.74 Å². The van der Waals surface area contributed by atoms with E-state index in [0.717, 1.165) is 13.0 Å². The summed E-state index contributed by atoms with van der Waals surface area (Å²) in [6.07, 6.45) is 1.40. The van der Waals surface area contributed by atoms with Crippen LogP contribution in [0.5, 0.6) is 0 Å². The molecule has 0 spiro atoms. The molecule has 21 heavy (non-hydrogen) atoms. The molecule has 116 valence electrons. The molecule has 2 N–H and O–H groups in total. The topological polar surface area (TPSA) is 62.3 Å². The first-order chi connectivity index (χ1) is 10.1. The molecule has 2 unspecified atom stereocenters. The summed E-state index contributed by atoms with van der Waals surface area (Å²) in [5.74, 6) is 0. The number of nitrogens with zero attached hydrogens (tertiary/aromatic N) is 2. The third-order valence-corrected chi connectivity index (χ3v) is 3.75. The zero-order valence-corrected chi connectivity index (χ0v) is 13.4. The molecule has 0 fully saturated rings. The SMILES string of the molecule is CCC(N)C(c1cccc(C)c1)N(CCC#N)CCOC. The Balaban J connectivity index is 3.03. The molecular weight excluding hydrogens is 262 g/mol. The fourth-order valence-electron chi connectivity index (χ4n) is 2.60. The highest BCUT2D eigenvalue weighted by atomic mass is 16.5. The number of hydrogen-bond acceptors (Lipinski definition) is 4. The minimum absolute atomic E-state index is 0.0438. The van der Waals surface area contributed by atoms with Crippen LogP contribution in [0.3, 0.4) is 0 Å². The van der Waals surface area contributed by atoms with E-state index < -0.39 is 0 Å². The molecule has 0 bridgehead atoms. The van der Waals surface area contributed by atoms with Crippen LogP contribution >= 0.6 is 0 Å². The van der Waals surface area contributed by atoms with Gasteiger partial charge in [0.05, 0.1) is 18.7 Å². The summed E-state index contributed by atoms with van der Waals surface area (Å²) in [5.41, 5.74) is 8.83. The molecule has 0 aliphatic rings. The first-order valence-corrected chi connectivity index (χ1v) is 7.56. The lowest BCUT2D eigenvalue weighted by Gasteiger charge is -2.35. The molecule has 0 heterocycles. The molecule has 1 aromatic carbocycles. The van der Waals surface area contributed by atoms with Crippen molar-refractivity contribution in [2.45, 2.75) is 38.8 Å². The number of hydrogen-bond donors (Lipinski definition) is 1. The Hall–Kier alpha value is -1.41. The molecule has 1 aromatic rings. The van der Waals surface area contributed by atoms with Crippen molar-refractivity contribution in [2.75, 3.05) is 26.8 Å². The Morgan fingerprint density at radius 2 is 2.14 bits per heavy atom. The van der Waals surface area contributed by atoms with Crippen molar-refractivity contribution in [3.63, 3.8) is 0 Å². The summed E-state index contributed by atoms with van der Waals surface area (Å²) < 4.78 is 5.21. The molecule has 0 aromatic heterocycles. The molecule has 0 amide bonds. The third-order valence-electron chi connectivity index (χ3n) is 3.75. The molecule has 0 radical (unpaired) electrons. The summed E-state index contributed by atoms with van der Waals surface area (Å²) in [6, 6.07) is 10.9. The average Bonchev–Trinajstić information content (AvgIpc) is 2.49. The molecule has 4 heteroatoms. The fourth-order valence-corrected chi connectivity index (χ4v) is 2.60. The van der Waals surface area contributed by atoms with Crippen LogP contribution in [0, 0.1) is 18.3 Å². The molecule has 0 saturated carbocycles. The van der Waals surface area contributed by atoms with Gasteiger partial charge in [0, 0.05) is 32.7 Å². The van der Waals surface area contributed by atoms with Gasteiger partial charge >= 0.3 is 0 Å². The first-order valence-electron chi connectivity index (χ1n) is 7.56. The standard InChI is InChI=1S/C17H27N3O/c1-4-16(19)17(15-8-5-7-14(2)13-15)20(10-6-9-18)11-12-21-3/h5,7-8,13,16-17H,4,6,10-12,19H2,1-3H3. The molecular formula is C17H27N3O. The lowest BCUT2D eigenvalue weighted by Crippen LogP contribution is -2.42. The zero-order chi connectivity index (χ0) is 15.7. The van der Waals surface area contributed by atoms with Crippen molar-refractivity contribution in [3.05, 3.63) is 35.4 Å². The van der Waals surface area contributed by atoms with E-state index in [1.165, 1.54) is 11.1 Å². The van der Waals surface area contributed by atoms with Gasteiger partial charge in [-0.25, -0.2) is 0 Å². The van der Waals surface area contributed by atoms with E-state index in [1.54, 1.807) is 7.11 Å². The molecule has 0 aliphatic heterocycles. The maximum absolute atomic E-state index is 8.89. The maximum atomic E-state index is 8.89. The Labute approximate surface area is 128 Å². The Morgan fingerprint density at radius 3 is 2.71 bits per heavy atom. The number of methoxy groups -OCH3 is 1. The van der Waals surface area contributed by atoms with E-state index in [1.807, 2.05) is 0 Å². The Kier molecular flexibility index (Phi) is 7.99. The van der Waals surface area contributed by atoms with Gasteiger partial charge in [-0.2, -0.15) is 5.26 Å².